The molecule has 3 aromatic rings. The number of carbonyl (C=O) groups is 1. The Labute approximate surface area is 210 Å². The summed E-state index contributed by atoms with van der Waals surface area (Å²) in [5.41, 5.74) is 2.43. The highest BCUT2D eigenvalue weighted by atomic mass is 32.2. The SMILES string of the molecule is C[C@H]1Cc2ccccc2[C@@H]2[C@H]3CC4(S(=O)(=O)c5ccc(Oc6ccncc6)cc5)CC[C@@H](C(=O)N21)N34. The van der Waals surface area contributed by atoms with Crippen LogP contribution in [0.4, 0.5) is 0 Å². The van der Waals surface area contributed by atoms with Gasteiger partial charge >= 0.3 is 0 Å². The highest BCUT2D eigenvalue weighted by Gasteiger charge is 2.72. The van der Waals surface area contributed by atoms with Crippen LogP contribution in [0.2, 0.25) is 0 Å². The molecular formula is C28H27N3O4S. The number of fused-ring (bicyclic) bond motifs is 4. The summed E-state index contributed by atoms with van der Waals surface area (Å²) >= 11 is 0. The Hall–Kier alpha value is -3.23. The van der Waals surface area contributed by atoms with E-state index in [2.05, 4.69) is 33.8 Å². The van der Waals surface area contributed by atoms with Crippen LogP contribution in [-0.2, 0) is 21.1 Å². The molecule has 2 aromatic carbocycles. The van der Waals surface area contributed by atoms with Crippen LogP contribution >= 0.6 is 0 Å². The molecule has 3 fully saturated rings. The Bertz CT molecular complexity index is 1460. The highest BCUT2D eigenvalue weighted by Crippen LogP contribution is 2.61. The van der Waals surface area contributed by atoms with Gasteiger partial charge in [0.25, 0.3) is 0 Å². The van der Waals surface area contributed by atoms with E-state index in [-0.39, 0.29) is 35.0 Å². The largest absolute Gasteiger partial charge is 0.457 e. The normalized spacial score (nSPS) is 30.7. The third-order valence-corrected chi connectivity index (χ3v) is 11.1. The lowest BCUT2D eigenvalue weighted by Crippen LogP contribution is -2.77. The van der Waals surface area contributed by atoms with Gasteiger partial charge in [0.05, 0.1) is 17.0 Å². The number of pyridine rings is 1. The van der Waals surface area contributed by atoms with Crippen molar-refractivity contribution in [3.05, 3.63) is 84.2 Å². The van der Waals surface area contributed by atoms with Crippen molar-refractivity contribution >= 4 is 15.7 Å². The van der Waals surface area contributed by atoms with E-state index in [1.54, 1.807) is 48.8 Å². The first-order chi connectivity index (χ1) is 17.4. The number of amides is 1. The van der Waals surface area contributed by atoms with Gasteiger partial charge in [0.1, 0.15) is 16.4 Å². The lowest BCUT2D eigenvalue weighted by molar-refractivity contribution is -0.170. The lowest BCUT2D eigenvalue weighted by Gasteiger charge is -2.64. The van der Waals surface area contributed by atoms with Gasteiger partial charge in [-0.25, -0.2) is 8.42 Å². The van der Waals surface area contributed by atoms with E-state index in [9.17, 15) is 13.2 Å². The number of hydrogen-bond acceptors (Lipinski definition) is 6. The minimum atomic E-state index is -3.69. The number of aromatic nitrogens is 1. The van der Waals surface area contributed by atoms with Crippen molar-refractivity contribution < 1.29 is 17.9 Å². The topological polar surface area (TPSA) is 79.8 Å². The summed E-state index contributed by atoms with van der Waals surface area (Å²) in [5, 5.41) is 0. The van der Waals surface area contributed by atoms with E-state index in [0.29, 0.717) is 30.8 Å². The molecule has 1 aromatic heterocycles. The molecule has 0 aliphatic carbocycles. The Morgan fingerprint density at radius 1 is 1.00 bits per heavy atom. The molecule has 1 unspecified atom stereocenters. The molecule has 3 saturated heterocycles. The van der Waals surface area contributed by atoms with Gasteiger partial charge < -0.3 is 9.64 Å². The molecule has 4 aliphatic heterocycles. The van der Waals surface area contributed by atoms with Gasteiger partial charge in [0.2, 0.25) is 5.91 Å². The summed E-state index contributed by atoms with van der Waals surface area (Å²) in [4.78, 5) is 21.1. The van der Waals surface area contributed by atoms with Crippen molar-refractivity contribution in [1.82, 2.24) is 14.8 Å². The monoisotopic (exact) mass is 501 g/mol. The van der Waals surface area contributed by atoms with Gasteiger partial charge in [0, 0.05) is 24.5 Å². The van der Waals surface area contributed by atoms with Crippen LogP contribution in [0.5, 0.6) is 11.5 Å². The van der Waals surface area contributed by atoms with Crippen LogP contribution in [-0.4, -0.2) is 52.1 Å². The minimum Gasteiger partial charge on any atom is -0.457 e. The van der Waals surface area contributed by atoms with E-state index in [1.807, 2.05) is 12.1 Å². The molecule has 5 atom stereocenters. The maximum absolute atomic E-state index is 14.1. The summed E-state index contributed by atoms with van der Waals surface area (Å²) in [5.74, 6) is 1.28. The smallest absolute Gasteiger partial charge is 0.240 e. The van der Waals surface area contributed by atoms with Gasteiger partial charge in [-0.2, -0.15) is 0 Å². The number of benzene rings is 2. The Kier molecular flexibility index (Phi) is 4.67. The average molecular weight is 502 g/mol. The van der Waals surface area contributed by atoms with E-state index in [1.165, 1.54) is 11.1 Å². The molecule has 0 N–H and O–H groups in total. The van der Waals surface area contributed by atoms with E-state index >= 15 is 0 Å². The van der Waals surface area contributed by atoms with E-state index < -0.39 is 14.7 Å². The third-order valence-electron chi connectivity index (χ3n) is 8.59. The molecule has 0 radical (unpaired) electrons. The first-order valence-corrected chi connectivity index (χ1v) is 14.0. The molecule has 7 rings (SSSR count). The molecule has 4 aliphatic rings. The van der Waals surface area contributed by atoms with Crippen LogP contribution in [0.25, 0.3) is 0 Å². The molecule has 0 bridgehead atoms. The maximum atomic E-state index is 14.1. The van der Waals surface area contributed by atoms with E-state index in [4.69, 9.17) is 4.74 Å². The average Bonchev–Trinajstić information content (AvgIpc) is 3.21. The number of rotatable bonds is 4. The van der Waals surface area contributed by atoms with E-state index in [0.717, 1.165) is 6.42 Å². The molecule has 184 valence electrons. The second-order valence-electron chi connectivity index (χ2n) is 10.4. The molecule has 1 amide bonds. The lowest BCUT2D eigenvalue weighted by atomic mass is 9.76. The first kappa shape index (κ1) is 22.0. The summed E-state index contributed by atoms with van der Waals surface area (Å²) in [7, 11) is -3.69. The minimum absolute atomic E-state index is 0.0168. The zero-order chi connectivity index (χ0) is 24.7. The summed E-state index contributed by atoms with van der Waals surface area (Å²) in [6, 6.07) is 18.1. The van der Waals surface area contributed by atoms with Crippen molar-refractivity contribution in [2.24, 2.45) is 0 Å². The molecule has 0 saturated carbocycles. The number of sulfone groups is 1. The van der Waals surface area contributed by atoms with Gasteiger partial charge in [-0.3, -0.25) is 14.7 Å². The van der Waals surface area contributed by atoms with Crippen LogP contribution < -0.4 is 4.74 Å². The first-order valence-electron chi connectivity index (χ1n) is 12.5. The maximum Gasteiger partial charge on any atom is 0.240 e. The predicted octanol–water partition coefficient (Wildman–Crippen LogP) is 4.11. The number of hydrogen-bond donors (Lipinski definition) is 0. The standard InChI is InChI=1S/C28H27N3O4S/c1-18-16-19-4-2-3-5-23(19)26-25-17-28(13-10-24(31(25)28)27(32)30(18)26)36(33,34)22-8-6-20(7-9-22)35-21-11-14-29-15-12-21/h2-9,11-12,14-15,18,24-26H,10,13,16-17H2,1H3/t18-,24-,25+,26+,28?/m0/s1. The van der Waals surface area contributed by atoms with Crippen LogP contribution in [0, 0.1) is 0 Å². The number of nitrogens with zero attached hydrogens (tertiary/aromatic N) is 3. The third kappa shape index (κ3) is 2.85. The van der Waals surface area contributed by atoms with Crippen molar-refractivity contribution in [3.63, 3.8) is 0 Å². The van der Waals surface area contributed by atoms with Crippen LogP contribution in [0.1, 0.15) is 43.4 Å². The summed E-state index contributed by atoms with van der Waals surface area (Å²) < 4.78 is 34.0. The zero-order valence-electron chi connectivity index (χ0n) is 19.9. The fourth-order valence-electron chi connectivity index (χ4n) is 7.07. The number of piperazine rings is 1. The van der Waals surface area contributed by atoms with Crippen molar-refractivity contribution in [3.8, 4) is 11.5 Å². The molecule has 36 heavy (non-hydrogen) atoms. The van der Waals surface area contributed by atoms with Crippen LogP contribution in [0.3, 0.4) is 0 Å². The zero-order valence-corrected chi connectivity index (χ0v) is 20.8. The van der Waals surface area contributed by atoms with Gasteiger partial charge in [0.15, 0.2) is 9.84 Å². The molecule has 8 heteroatoms. The Morgan fingerprint density at radius 2 is 1.72 bits per heavy atom. The van der Waals surface area contributed by atoms with Crippen molar-refractivity contribution in [2.75, 3.05) is 0 Å². The van der Waals surface area contributed by atoms with Crippen molar-refractivity contribution in [2.45, 2.75) is 66.5 Å². The van der Waals surface area contributed by atoms with Gasteiger partial charge in [-0.1, -0.05) is 24.3 Å². The molecule has 5 heterocycles. The molecule has 7 nitrogen and oxygen atoms in total. The Morgan fingerprint density at radius 3 is 2.50 bits per heavy atom. The fraction of sp³-hybridized carbons (Fsp3) is 0.357. The van der Waals surface area contributed by atoms with Gasteiger partial charge in [-0.05, 0) is 80.1 Å². The Balaban J connectivity index is 1.22. The molecule has 0 spiro atoms. The summed E-state index contributed by atoms with van der Waals surface area (Å²) in [6.07, 6.45) is 5.72. The van der Waals surface area contributed by atoms with Gasteiger partial charge in [-0.15, -0.1) is 0 Å². The summed E-state index contributed by atoms with van der Waals surface area (Å²) in [6.45, 7) is 2.11. The van der Waals surface area contributed by atoms with Crippen molar-refractivity contribution in [1.29, 1.82) is 0 Å². The second-order valence-corrected chi connectivity index (χ2v) is 12.6. The predicted molar refractivity (Wildman–Crippen MR) is 133 cm³/mol. The number of ether oxygens (including phenoxy) is 1. The fourth-order valence-corrected chi connectivity index (χ4v) is 9.32. The number of carbonyl (C=O) groups excluding carboxylic acids is 1. The quantitative estimate of drug-likeness (QED) is 0.535. The highest BCUT2D eigenvalue weighted by molar-refractivity contribution is 7.92. The van der Waals surface area contributed by atoms with Crippen LogP contribution in [0.15, 0.2) is 78.0 Å². The molecular weight excluding hydrogens is 474 g/mol. The second kappa shape index (κ2) is 7.63.